The van der Waals surface area contributed by atoms with Gasteiger partial charge in [-0.15, -0.1) is 5.10 Å². The van der Waals surface area contributed by atoms with E-state index in [1.807, 2.05) is 32.0 Å². The molecule has 0 radical (unpaired) electrons. The van der Waals surface area contributed by atoms with Crippen molar-refractivity contribution in [2.75, 3.05) is 39.5 Å². The van der Waals surface area contributed by atoms with E-state index in [2.05, 4.69) is 31.3 Å². The number of benzene rings is 1. The van der Waals surface area contributed by atoms with Crippen molar-refractivity contribution in [2.45, 2.75) is 19.8 Å². The monoisotopic (exact) mass is 404 g/mol. The first-order chi connectivity index (χ1) is 14.6. The summed E-state index contributed by atoms with van der Waals surface area (Å²) in [5, 5.41) is 21.1. The largest absolute Gasteiger partial charge is 0.475 e. The number of H-pyrrole nitrogens is 1. The SMILES string of the molecule is [C-]#[N+]C1=C(C)NC(C)=C(C#N)C1c1ccc2[nH]nc(OCCN3CCOCC3)c2c1. The summed E-state index contributed by atoms with van der Waals surface area (Å²) in [6, 6.07) is 8.13. The Hall–Kier alpha value is -3.33. The summed E-state index contributed by atoms with van der Waals surface area (Å²) in [4.78, 5) is 6.03. The highest BCUT2D eigenvalue weighted by Crippen LogP contribution is 2.39. The Labute approximate surface area is 175 Å². The highest BCUT2D eigenvalue weighted by atomic mass is 16.5. The maximum Gasteiger partial charge on any atom is 0.240 e. The van der Waals surface area contributed by atoms with Crippen LogP contribution < -0.4 is 10.1 Å². The summed E-state index contributed by atoms with van der Waals surface area (Å²) in [6.07, 6.45) is 0. The maximum absolute atomic E-state index is 9.73. The van der Waals surface area contributed by atoms with Gasteiger partial charge in [0.05, 0.1) is 48.2 Å². The summed E-state index contributed by atoms with van der Waals surface area (Å²) >= 11 is 0. The predicted molar refractivity (Wildman–Crippen MR) is 112 cm³/mol. The van der Waals surface area contributed by atoms with Crippen LogP contribution in [-0.2, 0) is 4.74 Å². The molecule has 2 N–H and O–H groups in total. The lowest BCUT2D eigenvalue weighted by molar-refractivity contribution is 0.0321. The van der Waals surface area contributed by atoms with E-state index in [4.69, 9.17) is 16.0 Å². The average molecular weight is 404 g/mol. The van der Waals surface area contributed by atoms with E-state index in [0.717, 1.165) is 60.7 Å². The Morgan fingerprint density at radius 2 is 2.13 bits per heavy atom. The second kappa shape index (κ2) is 8.58. The number of dihydropyridines is 1. The van der Waals surface area contributed by atoms with Crippen molar-refractivity contribution in [2.24, 2.45) is 0 Å². The van der Waals surface area contributed by atoms with E-state index in [9.17, 15) is 5.26 Å². The lowest BCUT2D eigenvalue weighted by Crippen LogP contribution is -2.38. The molecule has 8 nitrogen and oxygen atoms in total. The van der Waals surface area contributed by atoms with Crippen LogP contribution in [0.15, 0.2) is 40.9 Å². The fourth-order valence-corrected chi connectivity index (χ4v) is 4.00. The Bertz CT molecular complexity index is 1060. The van der Waals surface area contributed by atoms with Gasteiger partial charge < -0.3 is 14.8 Å². The zero-order chi connectivity index (χ0) is 21.1. The second-order valence-electron chi connectivity index (χ2n) is 7.47. The molecule has 2 aliphatic heterocycles. The van der Waals surface area contributed by atoms with E-state index in [1.165, 1.54) is 0 Å². The molecule has 1 aromatic carbocycles. The lowest BCUT2D eigenvalue weighted by Gasteiger charge is -2.26. The Kier molecular flexibility index (Phi) is 5.71. The van der Waals surface area contributed by atoms with E-state index in [1.54, 1.807) is 0 Å². The zero-order valence-corrected chi connectivity index (χ0v) is 17.2. The van der Waals surface area contributed by atoms with Gasteiger partial charge in [0, 0.05) is 31.0 Å². The van der Waals surface area contributed by atoms with E-state index in [0.29, 0.717) is 23.8 Å². The standard InChI is InChI=1S/C22H24N6O2/c1-14-18(13-23)20(21(24-3)15(2)25-14)16-4-5-19-17(12-16)22(27-26-19)30-11-8-28-6-9-29-10-7-28/h4-5,12,20,25H,6-11H2,1-2H3,(H,26,27). The summed E-state index contributed by atoms with van der Waals surface area (Å²) < 4.78 is 11.3. The number of hydrogen-bond acceptors (Lipinski definition) is 6. The molecular weight excluding hydrogens is 380 g/mol. The Morgan fingerprint density at radius 3 is 2.87 bits per heavy atom. The summed E-state index contributed by atoms with van der Waals surface area (Å²) in [5.74, 6) is 0.146. The van der Waals surface area contributed by atoms with Crippen molar-refractivity contribution in [3.8, 4) is 11.9 Å². The predicted octanol–water partition coefficient (Wildman–Crippen LogP) is 2.91. The molecule has 0 spiro atoms. The molecule has 0 saturated carbocycles. The van der Waals surface area contributed by atoms with Crippen LogP contribution in [0.2, 0.25) is 0 Å². The molecule has 1 atom stereocenters. The van der Waals surface area contributed by atoms with Gasteiger partial charge in [-0.2, -0.15) is 5.26 Å². The molecule has 1 unspecified atom stereocenters. The summed E-state index contributed by atoms with van der Waals surface area (Å²) in [5.41, 5.74) is 4.39. The molecule has 4 rings (SSSR count). The third-order valence-corrected chi connectivity index (χ3v) is 5.60. The molecule has 154 valence electrons. The normalized spacial score (nSPS) is 20.1. The van der Waals surface area contributed by atoms with Gasteiger partial charge in [-0.25, -0.2) is 4.85 Å². The number of nitriles is 1. The van der Waals surface area contributed by atoms with Crippen LogP contribution in [0.5, 0.6) is 5.88 Å². The highest BCUT2D eigenvalue weighted by Gasteiger charge is 2.30. The molecule has 1 aromatic heterocycles. The first-order valence-electron chi connectivity index (χ1n) is 9.99. The van der Waals surface area contributed by atoms with Gasteiger partial charge in [-0.05, 0) is 31.5 Å². The molecule has 0 bridgehead atoms. The van der Waals surface area contributed by atoms with E-state index in [-0.39, 0.29) is 0 Å². The van der Waals surface area contributed by atoms with Crippen LogP contribution in [0, 0.1) is 17.9 Å². The Morgan fingerprint density at radius 1 is 1.33 bits per heavy atom. The molecule has 2 aromatic rings. The van der Waals surface area contributed by atoms with Crippen LogP contribution in [0.3, 0.4) is 0 Å². The molecule has 30 heavy (non-hydrogen) atoms. The average Bonchev–Trinajstić information content (AvgIpc) is 3.16. The van der Waals surface area contributed by atoms with Gasteiger partial charge in [0.1, 0.15) is 6.61 Å². The number of aromatic nitrogens is 2. The molecule has 1 fully saturated rings. The van der Waals surface area contributed by atoms with Crippen molar-refractivity contribution < 1.29 is 9.47 Å². The number of nitrogens with zero attached hydrogens (tertiary/aromatic N) is 4. The van der Waals surface area contributed by atoms with Crippen LogP contribution in [0.4, 0.5) is 0 Å². The van der Waals surface area contributed by atoms with Crippen LogP contribution in [0.1, 0.15) is 25.3 Å². The van der Waals surface area contributed by atoms with Gasteiger partial charge in [-0.1, -0.05) is 6.07 Å². The summed E-state index contributed by atoms with van der Waals surface area (Å²) in [7, 11) is 0. The van der Waals surface area contributed by atoms with Crippen LogP contribution in [-0.4, -0.2) is 54.6 Å². The highest BCUT2D eigenvalue weighted by molar-refractivity contribution is 5.85. The van der Waals surface area contributed by atoms with Crippen molar-refractivity contribution >= 4 is 10.9 Å². The van der Waals surface area contributed by atoms with Gasteiger partial charge in [0.2, 0.25) is 5.88 Å². The third-order valence-electron chi connectivity index (χ3n) is 5.60. The topological polar surface area (TPSA) is 90.6 Å². The van der Waals surface area contributed by atoms with Gasteiger partial charge in [-0.3, -0.25) is 10.00 Å². The van der Waals surface area contributed by atoms with Gasteiger partial charge in [0.15, 0.2) is 5.70 Å². The molecule has 2 aliphatic rings. The van der Waals surface area contributed by atoms with E-state index >= 15 is 0 Å². The van der Waals surface area contributed by atoms with Crippen molar-refractivity contribution in [3.05, 3.63) is 57.8 Å². The first kappa shape index (κ1) is 20.0. The van der Waals surface area contributed by atoms with Crippen molar-refractivity contribution in [3.63, 3.8) is 0 Å². The minimum atomic E-state index is -0.394. The maximum atomic E-state index is 9.73. The minimum absolute atomic E-state index is 0.394. The number of ether oxygens (including phenoxy) is 2. The number of hydrogen-bond donors (Lipinski definition) is 2. The molecular formula is C22H24N6O2. The quantitative estimate of drug-likeness (QED) is 0.745. The first-order valence-corrected chi connectivity index (χ1v) is 9.99. The molecule has 0 amide bonds. The minimum Gasteiger partial charge on any atom is -0.475 e. The number of allylic oxidation sites excluding steroid dienone is 3. The van der Waals surface area contributed by atoms with Crippen molar-refractivity contribution in [1.29, 1.82) is 5.26 Å². The van der Waals surface area contributed by atoms with Crippen molar-refractivity contribution in [1.82, 2.24) is 20.4 Å². The molecule has 3 heterocycles. The third kappa shape index (κ3) is 3.76. The number of morpholine rings is 1. The van der Waals surface area contributed by atoms with E-state index < -0.39 is 5.92 Å². The van der Waals surface area contributed by atoms with Gasteiger partial charge >= 0.3 is 0 Å². The fraction of sp³-hybridized carbons (Fsp3) is 0.409. The number of nitrogens with one attached hydrogen (secondary N) is 2. The lowest BCUT2D eigenvalue weighted by atomic mass is 9.84. The molecule has 1 saturated heterocycles. The molecule has 8 heteroatoms. The van der Waals surface area contributed by atoms with Crippen LogP contribution in [0.25, 0.3) is 15.7 Å². The molecule has 0 aliphatic carbocycles. The zero-order valence-electron chi connectivity index (χ0n) is 17.2. The number of aromatic amines is 1. The Balaban J connectivity index is 1.61. The fourth-order valence-electron chi connectivity index (χ4n) is 4.00. The number of rotatable bonds is 5. The number of fused-ring (bicyclic) bond motifs is 1. The summed E-state index contributed by atoms with van der Waals surface area (Å²) in [6.45, 7) is 16.1. The van der Waals surface area contributed by atoms with Gasteiger partial charge in [0.25, 0.3) is 0 Å². The smallest absolute Gasteiger partial charge is 0.240 e. The van der Waals surface area contributed by atoms with Crippen LogP contribution >= 0.6 is 0 Å². The second-order valence-corrected chi connectivity index (χ2v) is 7.47.